The summed E-state index contributed by atoms with van der Waals surface area (Å²) in [5.41, 5.74) is 4.49. The molecule has 19 heavy (non-hydrogen) atoms. The van der Waals surface area contributed by atoms with Gasteiger partial charge in [0.05, 0.1) is 6.04 Å². The SMILES string of the molecule is C#CCC(N)C(=O)NC(C)(C(=O)O)c1ccccc1. The van der Waals surface area contributed by atoms with Gasteiger partial charge in [0.1, 0.15) is 0 Å². The number of terminal acetylenes is 1. The molecule has 5 heteroatoms. The third-order valence-corrected chi connectivity index (χ3v) is 2.83. The average Bonchev–Trinajstić information content (AvgIpc) is 2.39. The molecule has 0 aliphatic heterocycles. The second kappa shape index (κ2) is 6.03. The van der Waals surface area contributed by atoms with E-state index in [1.807, 2.05) is 0 Å². The van der Waals surface area contributed by atoms with Crippen LogP contribution in [0.4, 0.5) is 0 Å². The molecular weight excluding hydrogens is 244 g/mol. The Morgan fingerprint density at radius 1 is 1.47 bits per heavy atom. The number of aliphatic carboxylic acids is 1. The third-order valence-electron chi connectivity index (χ3n) is 2.83. The molecule has 0 radical (unpaired) electrons. The van der Waals surface area contributed by atoms with Gasteiger partial charge in [0.25, 0.3) is 0 Å². The van der Waals surface area contributed by atoms with Gasteiger partial charge in [0.15, 0.2) is 5.54 Å². The number of carboxylic acid groups (broad SMARTS) is 1. The molecule has 0 aromatic heterocycles. The number of nitrogens with two attached hydrogens (primary N) is 1. The smallest absolute Gasteiger partial charge is 0.333 e. The fourth-order valence-corrected chi connectivity index (χ4v) is 1.58. The molecule has 2 unspecified atom stereocenters. The summed E-state index contributed by atoms with van der Waals surface area (Å²) >= 11 is 0. The summed E-state index contributed by atoms with van der Waals surface area (Å²) in [6, 6.07) is 7.49. The predicted octanol–water partition coefficient (Wildman–Crippen LogP) is 0.453. The van der Waals surface area contributed by atoms with Gasteiger partial charge in [-0.2, -0.15) is 0 Å². The molecule has 4 N–H and O–H groups in total. The number of carbonyl (C=O) groups excluding carboxylic acids is 1. The number of amides is 1. The van der Waals surface area contributed by atoms with E-state index in [-0.39, 0.29) is 6.42 Å². The lowest BCUT2D eigenvalue weighted by Crippen LogP contribution is -2.54. The van der Waals surface area contributed by atoms with Crippen molar-refractivity contribution in [1.29, 1.82) is 0 Å². The normalized spacial score (nSPS) is 14.8. The van der Waals surface area contributed by atoms with E-state index in [0.717, 1.165) is 0 Å². The van der Waals surface area contributed by atoms with Crippen LogP contribution in [0, 0.1) is 12.3 Å². The molecule has 0 saturated heterocycles. The summed E-state index contributed by atoms with van der Waals surface area (Å²) in [6.45, 7) is 1.41. The number of carbonyl (C=O) groups is 2. The van der Waals surface area contributed by atoms with Crippen LogP contribution in [0.5, 0.6) is 0 Å². The van der Waals surface area contributed by atoms with Crippen LogP contribution >= 0.6 is 0 Å². The van der Waals surface area contributed by atoms with Crippen LogP contribution in [0.3, 0.4) is 0 Å². The van der Waals surface area contributed by atoms with Gasteiger partial charge in [-0.3, -0.25) is 4.79 Å². The van der Waals surface area contributed by atoms with Crippen molar-refractivity contribution in [3.63, 3.8) is 0 Å². The Labute approximate surface area is 111 Å². The second-order valence-corrected chi connectivity index (χ2v) is 4.30. The van der Waals surface area contributed by atoms with E-state index in [1.165, 1.54) is 6.92 Å². The quantitative estimate of drug-likeness (QED) is 0.670. The fourth-order valence-electron chi connectivity index (χ4n) is 1.58. The van der Waals surface area contributed by atoms with E-state index < -0.39 is 23.5 Å². The Kier molecular flexibility index (Phi) is 4.67. The number of hydrogen-bond acceptors (Lipinski definition) is 3. The summed E-state index contributed by atoms with van der Waals surface area (Å²) in [5.74, 6) is 0.512. The van der Waals surface area contributed by atoms with Crippen LogP contribution < -0.4 is 11.1 Å². The number of rotatable bonds is 5. The highest BCUT2D eigenvalue weighted by molar-refractivity contribution is 5.90. The topological polar surface area (TPSA) is 92.4 Å². The maximum atomic E-state index is 11.8. The summed E-state index contributed by atoms with van der Waals surface area (Å²) < 4.78 is 0. The van der Waals surface area contributed by atoms with Crippen LogP contribution in [-0.2, 0) is 15.1 Å². The fraction of sp³-hybridized carbons (Fsp3) is 0.286. The van der Waals surface area contributed by atoms with E-state index in [9.17, 15) is 14.7 Å². The molecule has 0 saturated carbocycles. The minimum absolute atomic E-state index is 0.0519. The first-order chi connectivity index (χ1) is 8.91. The maximum Gasteiger partial charge on any atom is 0.333 e. The van der Waals surface area contributed by atoms with Crippen molar-refractivity contribution in [2.24, 2.45) is 5.73 Å². The van der Waals surface area contributed by atoms with Gasteiger partial charge in [-0.15, -0.1) is 12.3 Å². The molecule has 100 valence electrons. The van der Waals surface area contributed by atoms with Gasteiger partial charge < -0.3 is 16.2 Å². The lowest BCUT2D eigenvalue weighted by atomic mass is 9.91. The largest absolute Gasteiger partial charge is 0.479 e. The van der Waals surface area contributed by atoms with E-state index >= 15 is 0 Å². The first kappa shape index (κ1) is 14.7. The minimum atomic E-state index is -1.54. The van der Waals surface area contributed by atoms with Gasteiger partial charge in [0.2, 0.25) is 5.91 Å². The standard InChI is InChI=1S/C14H16N2O3/c1-3-7-11(15)12(17)16-14(2,13(18)19)10-8-5-4-6-9-10/h1,4-6,8-9,11H,7,15H2,2H3,(H,16,17)(H,18,19). The Morgan fingerprint density at radius 3 is 2.53 bits per heavy atom. The average molecular weight is 260 g/mol. The van der Waals surface area contributed by atoms with Crippen molar-refractivity contribution in [3.8, 4) is 12.3 Å². The van der Waals surface area contributed by atoms with Gasteiger partial charge in [-0.25, -0.2) is 4.79 Å². The van der Waals surface area contributed by atoms with Crippen LogP contribution in [0.15, 0.2) is 30.3 Å². The van der Waals surface area contributed by atoms with Crippen molar-refractivity contribution in [1.82, 2.24) is 5.32 Å². The Morgan fingerprint density at radius 2 is 2.05 bits per heavy atom. The van der Waals surface area contributed by atoms with Gasteiger partial charge in [0, 0.05) is 6.42 Å². The van der Waals surface area contributed by atoms with Crippen LogP contribution in [0.25, 0.3) is 0 Å². The third kappa shape index (κ3) is 3.33. The van der Waals surface area contributed by atoms with Crippen molar-refractivity contribution in [3.05, 3.63) is 35.9 Å². The monoisotopic (exact) mass is 260 g/mol. The van der Waals surface area contributed by atoms with E-state index in [1.54, 1.807) is 30.3 Å². The molecule has 2 atom stereocenters. The Bertz CT molecular complexity index is 507. The first-order valence-corrected chi connectivity index (χ1v) is 5.72. The molecule has 1 aromatic rings. The summed E-state index contributed by atoms with van der Waals surface area (Å²) in [4.78, 5) is 23.3. The highest BCUT2D eigenvalue weighted by atomic mass is 16.4. The molecule has 1 aromatic carbocycles. The second-order valence-electron chi connectivity index (χ2n) is 4.30. The summed E-state index contributed by atoms with van der Waals surface area (Å²) in [5, 5.41) is 11.8. The molecule has 0 aliphatic rings. The van der Waals surface area contributed by atoms with Crippen molar-refractivity contribution >= 4 is 11.9 Å². The highest BCUT2D eigenvalue weighted by Gasteiger charge is 2.37. The lowest BCUT2D eigenvalue weighted by molar-refractivity contribution is -0.147. The molecule has 0 bridgehead atoms. The lowest BCUT2D eigenvalue weighted by Gasteiger charge is -2.28. The molecule has 0 fully saturated rings. The predicted molar refractivity (Wildman–Crippen MR) is 71.0 cm³/mol. The molecule has 0 aliphatic carbocycles. The minimum Gasteiger partial charge on any atom is -0.479 e. The van der Waals surface area contributed by atoms with Crippen molar-refractivity contribution < 1.29 is 14.7 Å². The number of carboxylic acids is 1. The number of hydrogen-bond donors (Lipinski definition) is 3. The molecule has 1 amide bonds. The van der Waals surface area contributed by atoms with Crippen LogP contribution in [-0.4, -0.2) is 23.0 Å². The zero-order chi connectivity index (χ0) is 14.5. The van der Waals surface area contributed by atoms with Gasteiger partial charge >= 0.3 is 5.97 Å². The van der Waals surface area contributed by atoms with E-state index in [2.05, 4.69) is 11.2 Å². The maximum absolute atomic E-state index is 11.8. The molecule has 5 nitrogen and oxygen atoms in total. The molecular formula is C14H16N2O3. The van der Waals surface area contributed by atoms with Crippen molar-refractivity contribution in [2.45, 2.75) is 24.9 Å². The van der Waals surface area contributed by atoms with Crippen LogP contribution in [0.2, 0.25) is 0 Å². The Hall–Kier alpha value is -2.32. The molecule has 0 spiro atoms. The molecule has 0 heterocycles. The van der Waals surface area contributed by atoms with E-state index in [0.29, 0.717) is 5.56 Å². The first-order valence-electron chi connectivity index (χ1n) is 5.72. The zero-order valence-electron chi connectivity index (χ0n) is 10.6. The number of benzene rings is 1. The van der Waals surface area contributed by atoms with Gasteiger partial charge in [-0.05, 0) is 12.5 Å². The number of nitrogens with one attached hydrogen (secondary N) is 1. The van der Waals surface area contributed by atoms with E-state index in [4.69, 9.17) is 12.2 Å². The molecule has 1 rings (SSSR count). The zero-order valence-corrected chi connectivity index (χ0v) is 10.6. The van der Waals surface area contributed by atoms with Gasteiger partial charge in [-0.1, -0.05) is 30.3 Å². The highest BCUT2D eigenvalue weighted by Crippen LogP contribution is 2.21. The summed E-state index contributed by atoms with van der Waals surface area (Å²) in [6.07, 6.45) is 5.13. The summed E-state index contributed by atoms with van der Waals surface area (Å²) in [7, 11) is 0. The van der Waals surface area contributed by atoms with Crippen LogP contribution in [0.1, 0.15) is 18.9 Å². The van der Waals surface area contributed by atoms with Crippen molar-refractivity contribution in [2.75, 3.05) is 0 Å². The Balaban J connectivity index is 3.00.